The number of carbonyl (C=O) groups is 2. The van der Waals surface area contributed by atoms with Crippen molar-refractivity contribution in [3.05, 3.63) is 0 Å². The molecule has 0 radical (unpaired) electrons. The first-order valence-corrected chi connectivity index (χ1v) is 4.68. The number of ketones is 1. The average Bonchev–Trinajstić information content (AvgIpc) is 2.03. The Kier molecular flexibility index (Phi) is 5.35. The van der Waals surface area contributed by atoms with E-state index in [2.05, 4.69) is 0 Å². The van der Waals surface area contributed by atoms with Gasteiger partial charge in [0.05, 0.1) is 13.0 Å². The van der Waals surface area contributed by atoms with Gasteiger partial charge in [0, 0.05) is 11.8 Å². The van der Waals surface area contributed by atoms with Gasteiger partial charge < -0.3 is 4.74 Å². The Morgan fingerprint density at radius 2 is 1.77 bits per heavy atom. The molecule has 0 aromatic heterocycles. The van der Waals surface area contributed by atoms with Crippen LogP contribution in [-0.2, 0) is 14.3 Å². The number of hydrogen-bond donors (Lipinski definition) is 0. The van der Waals surface area contributed by atoms with Crippen LogP contribution in [0.15, 0.2) is 0 Å². The smallest absolute Gasteiger partial charge is 0.306 e. The van der Waals surface area contributed by atoms with E-state index in [-0.39, 0.29) is 30.0 Å². The highest BCUT2D eigenvalue weighted by molar-refractivity contribution is 5.86. The molecular formula is C10H18O3. The molecule has 0 fully saturated rings. The molecule has 1 atom stereocenters. The van der Waals surface area contributed by atoms with Gasteiger partial charge in [-0.2, -0.15) is 0 Å². The molecule has 13 heavy (non-hydrogen) atoms. The highest BCUT2D eigenvalue weighted by atomic mass is 16.5. The molecule has 0 aliphatic rings. The number of hydrogen-bond acceptors (Lipinski definition) is 3. The van der Waals surface area contributed by atoms with E-state index in [9.17, 15) is 9.59 Å². The van der Waals surface area contributed by atoms with E-state index >= 15 is 0 Å². The zero-order valence-corrected chi connectivity index (χ0v) is 8.79. The summed E-state index contributed by atoms with van der Waals surface area (Å²) in [5.74, 6) is -0.402. The molecule has 1 unspecified atom stereocenters. The maximum Gasteiger partial charge on any atom is 0.306 e. The molecule has 0 amide bonds. The Bertz CT molecular complexity index is 185. The number of ether oxygens (including phenoxy) is 1. The van der Waals surface area contributed by atoms with Crippen LogP contribution in [0.3, 0.4) is 0 Å². The van der Waals surface area contributed by atoms with Crippen molar-refractivity contribution >= 4 is 11.8 Å². The van der Waals surface area contributed by atoms with Crippen LogP contribution in [0.1, 0.15) is 34.1 Å². The first-order valence-electron chi connectivity index (χ1n) is 4.68. The van der Waals surface area contributed by atoms with E-state index in [1.165, 1.54) is 0 Å². The second-order valence-corrected chi connectivity index (χ2v) is 3.47. The Labute approximate surface area is 79.5 Å². The van der Waals surface area contributed by atoms with Gasteiger partial charge in [-0.1, -0.05) is 20.8 Å². The van der Waals surface area contributed by atoms with Gasteiger partial charge in [-0.3, -0.25) is 9.59 Å². The minimum absolute atomic E-state index is 0.00979. The SMILES string of the molecule is CCOC(=O)CC(C)C(=O)C(C)C. The van der Waals surface area contributed by atoms with Crippen LogP contribution in [0.5, 0.6) is 0 Å². The van der Waals surface area contributed by atoms with Crippen molar-refractivity contribution in [2.45, 2.75) is 34.1 Å². The van der Waals surface area contributed by atoms with E-state index in [1.807, 2.05) is 13.8 Å². The molecule has 0 bridgehead atoms. The standard InChI is InChI=1S/C10H18O3/c1-5-13-9(11)6-8(4)10(12)7(2)3/h7-8H,5-6H2,1-4H3. The van der Waals surface area contributed by atoms with Crippen molar-refractivity contribution in [2.24, 2.45) is 11.8 Å². The fraction of sp³-hybridized carbons (Fsp3) is 0.800. The lowest BCUT2D eigenvalue weighted by molar-refractivity contribution is -0.146. The van der Waals surface area contributed by atoms with Crippen molar-refractivity contribution in [3.63, 3.8) is 0 Å². The number of esters is 1. The van der Waals surface area contributed by atoms with Crippen molar-refractivity contribution in [1.29, 1.82) is 0 Å². The molecule has 0 aromatic rings. The van der Waals surface area contributed by atoms with Crippen LogP contribution in [0, 0.1) is 11.8 Å². The second-order valence-electron chi connectivity index (χ2n) is 3.47. The highest BCUT2D eigenvalue weighted by Gasteiger charge is 2.19. The zero-order valence-electron chi connectivity index (χ0n) is 8.79. The summed E-state index contributed by atoms with van der Waals surface area (Å²) in [7, 11) is 0. The summed E-state index contributed by atoms with van der Waals surface area (Å²) in [6.07, 6.45) is 0.199. The van der Waals surface area contributed by atoms with Crippen molar-refractivity contribution in [2.75, 3.05) is 6.61 Å². The minimum Gasteiger partial charge on any atom is -0.466 e. The average molecular weight is 186 g/mol. The second kappa shape index (κ2) is 5.73. The summed E-state index contributed by atoms with van der Waals surface area (Å²) in [5.41, 5.74) is 0. The summed E-state index contributed by atoms with van der Waals surface area (Å²) in [6, 6.07) is 0. The van der Waals surface area contributed by atoms with Crippen LogP contribution < -0.4 is 0 Å². The third-order valence-corrected chi connectivity index (χ3v) is 1.83. The summed E-state index contributed by atoms with van der Waals surface area (Å²) in [5, 5.41) is 0. The van der Waals surface area contributed by atoms with Crippen LogP contribution >= 0.6 is 0 Å². The highest BCUT2D eigenvalue weighted by Crippen LogP contribution is 2.10. The molecular weight excluding hydrogens is 168 g/mol. The molecule has 0 saturated carbocycles. The normalized spacial score (nSPS) is 12.7. The molecule has 3 heteroatoms. The van der Waals surface area contributed by atoms with Gasteiger partial charge in [-0.15, -0.1) is 0 Å². The van der Waals surface area contributed by atoms with Crippen molar-refractivity contribution in [3.8, 4) is 0 Å². The molecule has 0 rings (SSSR count). The zero-order chi connectivity index (χ0) is 10.4. The Hall–Kier alpha value is -0.860. The van der Waals surface area contributed by atoms with E-state index in [4.69, 9.17) is 4.74 Å². The Balaban J connectivity index is 3.92. The third-order valence-electron chi connectivity index (χ3n) is 1.83. The number of carbonyl (C=O) groups excluding carboxylic acids is 2. The molecule has 0 heterocycles. The lowest BCUT2D eigenvalue weighted by Gasteiger charge is -2.11. The maximum atomic E-state index is 11.4. The third kappa shape index (κ3) is 4.65. The van der Waals surface area contributed by atoms with E-state index < -0.39 is 0 Å². The first-order chi connectivity index (χ1) is 5.99. The molecule has 76 valence electrons. The molecule has 0 aliphatic carbocycles. The van der Waals surface area contributed by atoms with Crippen LogP contribution in [-0.4, -0.2) is 18.4 Å². The van der Waals surface area contributed by atoms with Crippen molar-refractivity contribution < 1.29 is 14.3 Å². The molecule has 3 nitrogen and oxygen atoms in total. The lowest BCUT2D eigenvalue weighted by Crippen LogP contribution is -2.21. The molecule has 0 N–H and O–H groups in total. The van der Waals surface area contributed by atoms with E-state index in [0.29, 0.717) is 6.61 Å². The van der Waals surface area contributed by atoms with Crippen molar-refractivity contribution in [1.82, 2.24) is 0 Å². The molecule has 0 saturated heterocycles. The van der Waals surface area contributed by atoms with E-state index in [1.54, 1.807) is 13.8 Å². The topological polar surface area (TPSA) is 43.4 Å². The van der Waals surface area contributed by atoms with Gasteiger partial charge in [0.1, 0.15) is 5.78 Å². The van der Waals surface area contributed by atoms with Crippen LogP contribution in [0.4, 0.5) is 0 Å². The summed E-state index contributed by atoms with van der Waals surface area (Å²) in [6.45, 7) is 7.57. The summed E-state index contributed by atoms with van der Waals surface area (Å²) < 4.78 is 4.75. The Morgan fingerprint density at radius 1 is 1.23 bits per heavy atom. The number of rotatable bonds is 5. The van der Waals surface area contributed by atoms with Gasteiger partial charge >= 0.3 is 5.97 Å². The van der Waals surface area contributed by atoms with Gasteiger partial charge in [-0.05, 0) is 6.92 Å². The van der Waals surface area contributed by atoms with E-state index in [0.717, 1.165) is 0 Å². The van der Waals surface area contributed by atoms with Crippen LogP contribution in [0.25, 0.3) is 0 Å². The predicted molar refractivity (Wildman–Crippen MR) is 50.3 cm³/mol. The quantitative estimate of drug-likeness (QED) is 0.615. The first kappa shape index (κ1) is 12.1. The molecule has 0 spiro atoms. The fourth-order valence-electron chi connectivity index (χ4n) is 1.14. The van der Waals surface area contributed by atoms with Gasteiger partial charge in [0.2, 0.25) is 0 Å². The fourth-order valence-corrected chi connectivity index (χ4v) is 1.14. The monoisotopic (exact) mass is 186 g/mol. The largest absolute Gasteiger partial charge is 0.466 e. The Morgan fingerprint density at radius 3 is 2.15 bits per heavy atom. The number of Topliss-reactive ketones (excluding diaryl/α,β-unsaturated/α-hetero) is 1. The van der Waals surface area contributed by atoms with Gasteiger partial charge in [0.25, 0.3) is 0 Å². The summed E-state index contributed by atoms with van der Waals surface area (Å²) in [4.78, 5) is 22.4. The van der Waals surface area contributed by atoms with Crippen LogP contribution in [0.2, 0.25) is 0 Å². The lowest BCUT2D eigenvalue weighted by atomic mass is 9.94. The molecule has 0 aromatic carbocycles. The molecule has 0 aliphatic heterocycles. The predicted octanol–water partition coefficient (Wildman–Crippen LogP) is 1.80. The van der Waals surface area contributed by atoms with Gasteiger partial charge in [0.15, 0.2) is 0 Å². The summed E-state index contributed by atoms with van der Waals surface area (Å²) >= 11 is 0. The maximum absolute atomic E-state index is 11.4. The van der Waals surface area contributed by atoms with Gasteiger partial charge in [-0.25, -0.2) is 0 Å². The minimum atomic E-state index is -0.288.